The van der Waals surface area contributed by atoms with Gasteiger partial charge in [0.1, 0.15) is 5.69 Å². The summed E-state index contributed by atoms with van der Waals surface area (Å²) in [5.74, 6) is -0.0510. The van der Waals surface area contributed by atoms with Crippen LogP contribution in [0.4, 0.5) is 0 Å². The van der Waals surface area contributed by atoms with Crippen LogP contribution < -0.4 is 0 Å². The molecule has 2 rings (SSSR count). The minimum absolute atomic E-state index is 0.0510. The fourth-order valence-electron chi connectivity index (χ4n) is 1.33. The van der Waals surface area contributed by atoms with Crippen LogP contribution in [0, 0.1) is 13.8 Å². The number of ketones is 1. The molecular weight excluding hydrogens is 208 g/mol. The second kappa shape index (κ2) is 3.90. The molecule has 0 aliphatic carbocycles. The van der Waals surface area contributed by atoms with E-state index in [-0.39, 0.29) is 5.78 Å². The summed E-state index contributed by atoms with van der Waals surface area (Å²) in [6.45, 7) is 3.71. The van der Waals surface area contributed by atoms with Crippen LogP contribution in [0.25, 0.3) is 0 Å². The van der Waals surface area contributed by atoms with Gasteiger partial charge in [0.15, 0.2) is 0 Å². The molecule has 0 spiro atoms. The van der Waals surface area contributed by atoms with E-state index in [0.29, 0.717) is 11.3 Å². The summed E-state index contributed by atoms with van der Waals surface area (Å²) in [6, 6.07) is 3.54. The first-order chi connectivity index (χ1) is 7.18. The minimum Gasteiger partial charge on any atom is -0.287 e. The maximum atomic E-state index is 12.0. The van der Waals surface area contributed by atoms with Gasteiger partial charge in [-0.25, -0.2) is 4.98 Å². The topological polar surface area (TPSA) is 42.9 Å². The molecule has 15 heavy (non-hydrogen) atoms. The van der Waals surface area contributed by atoms with Crippen molar-refractivity contribution in [2.45, 2.75) is 13.8 Å². The maximum absolute atomic E-state index is 12.0. The zero-order valence-corrected chi connectivity index (χ0v) is 9.34. The third-order valence-electron chi connectivity index (χ3n) is 2.10. The van der Waals surface area contributed by atoms with Crippen LogP contribution in [-0.2, 0) is 0 Å². The molecule has 0 N–H and O–H groups in total. The second-order valence-electron chi connectivity index (χ2n) is 3.22. The van der Waals surface area contributed by atoms with Crippen molar-refractivity contribution in [1.29, 1.82) is 0 Å². The van der Waals surface area contributed by atoms with Crippen LogP contribution in [0.3, 0.4) is 0 Å². The Morgan fingerprint density at radius 3 is 2.80 bits per heavy atom. The Balaban J connectivity index is 2.41. The number of pyridine rings is 1. The average molecular weight is 218 g/mol. The lowest BCUT2D eigenvalue weighted by atomic mass is 10.1. The van der Waals surface area contributed by atoms with Gasteiger partial charge in [0.2, 0.25) is 5.78 Å². The van der Waals surface area contributed by atoms with Gasteiger partial charge in [-0.05, 0) is 26.0 Å². The lowest BCUT2D eigenvalue weighted by molar-refractivity contribution is 0.103. The van der Waals surface area contributed by atoms with E-state index in [9.17, 15) is 4.79 Å². The number of nitrogens with zero attached hydrogens (tertiary/aromatic N) is 2. The van der Waals surface area contributed by atoms with Crippen LogP contribution >= 0.6 is 11.3 Å². The van der Waals surface area contributed by atoms with E-state index in [1.54, 1.807) is 23.7 Å². The van der Waals surface area contributed by atoms with Gasteiger partial charge >= 0.3 is 0 Å². The molecule has 0 bridgehead atoms. The number of aromatic nitrogens is 2. The molecule has 0 radical (unpaired) electrons. The van der Waals surface area contributed by atoms with E-state index in [2.05, 4.69) is 9.97 Å². The summed E-state index contributed by atoms with van der Waals surface area (Å²) >= 11 is 1.48. The molecule has 0 amide bonds. The Morgan fingerprint density at radius 1 is 1.40 bits per heavy atom. The zero-order chi connectivity index (χ0) is 10.8. The number of aryl methyl sites for hydroxylation is 2. The van der Waals surface area contributed by atoms with Crippen molar-refractivity contribution >= 4 is 17.1 Å². The molecule has 4 heteroatoms. The van der Waals surface area contributed by atoms with Gasteiger partial charge in [0.25, 0.3) is 0 Å². The fraction of sp³-hybridized carbons (Fsp3) is 0.182. The molecule has 0 aliphatic rings. The lowest BCUT2D eigenvalue weighted by Crippen LogP contribution is -2.05. The van der Waals surface area contributed by atoms with Gasteiger partial charge in [0, 0.05) is 22.8 Å². The van der Waals surface area contributed by atoms with Crippen LogP contribution in [0.2, 0.25) is 0 Å². The molecule has 0 aliphatic heterocycles. The summed E-state index contributed by atoms with van der Waals surface area (Å²) < 4.78 is 0. The monoisotopic (exact) mass is 218 g/mol. The summed E-state index contributed by atoms with van der Waals surface area (Å²) in [5, 5.41) is 2.68. The van der Waals surface area contributed by atoms with Crippen molar-refractivity contribution in [1.82, 2.24) is 9.97 Å². The van der Waals surface area contributed by atoms with Gasteiger partial charge in [-0.2, -0.15) is 0 Å². The van der Waals surface area contributed by atoms with Gasteiger partial charge in [-0.15, -0.1) is 11.3 Å². The summed E-state index contributed by atoms with van der Waals surface area (Å²) in [6.07, 6.45) is 1.68. The number of hydrogen-bond donors (Lipinski definition) is 0. The molecule has 0 saturated carbocycles. The first-order valence-corrected chi connectivity index (χ1v) is 5.45. The van der Waals surface area contributed by atoms with Crippen molar-refractivity contribution in [2.75, 3.05) is 0 Å². The summed E-state index contributed by atoms with van der Waals surface area (Å²) in [7, 11) is 0. The average Bonchev–Trinajstić information content (AvgIpc) is 2.65. The molecule has 3 nitrogen and oxygen atoms in total. The predicted octanol–water partition coefficient (Wildman–Crippen LogP) is 2.39. The molecule has 0 aromatic carbocycles. The van der Waals surface area contributed by atoms with Gasteiger partial charge in [-0.3, -0.25) is 9.78 Å². The highest BCUT2D eigenvalue weighted by molar-refractivity contribution is 7.09. The molecule has 0 atom stereocenters. The van der Waals surface area contributed by atoms with Gasteiger partial charge in [0.05, 0.1) is 5.01 Å². The van der Waals surface area contributed by atoms with Crippen molar-refractivity contribution < 1.29 is 4.79 Å². The van der Waals surface area contributed by atoms with Crippen LogP contribution in [0.1, 0.15) is 26.8 Å². The molecule has 2 aromatic heterocycles. The molecule has 0 fully saturated rings. The minimum atomic E-state index is -0.0510. The number of thiazole rings is 1. The highest BCUT2D eigenvalue weighted by atomic mass is 32.1. The smallest absolute Gasteiger partial charge is 0.214 e. The first kappa shape index (κ1) is 9.98. The highest BCUT2D eigenvalue weighted by Crippen LogP contribution is 2.14. The van der Waals surface area contributed by atoms with Crippen molar-refractivity contribution in [3.8, 4) is 0 Å². The molecule has 0 saturated heterocycles. The van der Waals surface area contributed by atoms with Crippen molar-refractivity contribution in [2.24, 2.45) is 0 Å². The Kier molecular flexibility index (Phi) is 2.60. The van der Waals surface area contributed by atoms with Crippen LogP contribution in [0.15, 0.2) is 23.7 Å². The van der Waals surface area contributed by atoms with E-state index in [4.69, 9.17) is 0 Å². The van der Waals surface area contributed by atoms with E-state index in [1.807, 2.05) is 13.8 Å². The maximum Gasteiger partial charge on any atom is 0.214 e. The zero-order valence-electron chi connectivity index (χ0n) is 8.52. The number of rotatable bonds is 2. The van der Waals surface area contributed by atoms with Gasteiger partial charge < -0.3 is 0 Å². The van der Waals surface area contributed by atoms with Gasteiger partial charge in [-0.1, -0.05) is 0 Å². The van der Waals surface area contributed by atoms with Crippen LogP contribution in [-0.4, -0.2) is 15.8 Å². The summed E-state index contributed by atoms with van der Waals surface area (Å²) in [5.41, 5.74) is 1.88. The van der Waals surface area contributed by atoms with E-state index >= 15 is 0 Å². The molecule has 76 valence electrons. The summed E-state index contributed by atoms with van der Waals surface area (Å²) in [4.78, 5) is 20.2. The third-order valence-corrected chi connectivity index (χ3v) is 2.88. The normalized spacial score (nSPS) is 10.3. The SMILES string of the molecule is Cc1nc(C(=O)c2cccnc2C)cs1. The predicted molar refractivity (Wildman–Crippen MR) is 59.3 cm³/mol. The quantitative estimate of drug-likeness (QED) is 0.727. The highest BCUT2D eigenvalue weighted by Gasteiger charge is 2.14. The standard InChI is InChI=1S/C11H10N2OS/c1-7-9(4-3-5-12-7)11(14)10-6-15-8(2)13-10/h3-6H,1-2H3. The first-order valence-electron chi connectivity index (χ1n) is 4.57. The molecule has 0 unspecified atom stereocenters. The van der Waals surface area contributed by atoms with Crippen molar-refractivity contribution in [3.63, 3.8) is 0 Å². The van der Waals surface area contributed by atoms with Crippen LogP contribution in [0.5, 0.6) is 0 Å². The Labute approximate surface area is 91.8 Å². The molecular formula is C11H10N2OS. The Morgan fingerprint density at radius 2 is 2.20 bits per heavy atom. The number of carbonyl (C=O) groups excluding carboxylic acids is 1. The Hall–Kier alpha value is -1.55. The number of carbonyl (C=O) groups is 1. The lowest BCUT2D eigenvalue weighted by Gasteiger charge is -2.00. The van der Waals surface area contributed by atoms with E-state index < -0.39 is 0 Å². The fourth-order valence-corrected chi connectivity index (χ4v) is 1.92. The largest absolute Gasteiger partial charge is 0.287 e. The van der Waals surface area contributed by atoms with E-state index in [0.717, 1.165) is 10.7 Å². The van der Waals surface area contributed by atoms with E-state index in [1.165, 1.54) is 11.3 Å². The number of hydrogen-bond acceptors (Lipinski definition) is 4. The van der Waals surface area contributed by atoms with Crippen molar-refractivity contribution in [3.05, 3.63) is 45.7 Å². The third kappa shape index (κ3) is 1.94. The molecule has 2 heterocycles. The molecule has 2 aromatic rings. The second-order valence-corrected chi connectivity index (χ2v) is 4.28. The Bertz CT molecular complexity index is 505.